The van der Waals surface area contributed by atoms with Crippen molar-refractivity contribution in [2.75, 3.05) is 6.54 Å². The smallest absolute Gasteiger partial charge is 0.230 e. The summed E-state index contributed by atoms with van der Waals surface area (Å²) in [4.78, 5) is 13.0. The molecule has 2 saturated carbocycles. The molecule has 0 aliphatic heterocycles. The summed E-state index contributed by atoms with van der Waals surface area (Å²) in [5, 5.41) is 3.19. The highest BCUT2D eigenvalue weighted by molar-refractivity contribution is 9.09. The molecule has 2 atom stereocenters. The van der Waals surface area contributed by atoms with Crippen LogP contribution in [0.15, 0.2) is 30.3 Å². The van der Waals surface area contributed by atoms with Crippen LogP contribution in [0.1, 0.15) is 37.7 Å². The van der Waals surface area contributed by atoms with Crippen LogP contribution in [0, 0.1) is 5.92 Å². The van der Waals surface area contributed by atoms with E-state index in [2.05, 4.69) is 33.4 Å². The summed E-state index contributed by atoms with van der Waals surface area (Å²) in [7, 11) is 0. The number of alkyl halides is 1. The summed E-state index contributed by atoms with van der Waals surface area (Å²) >= 11 is 3.71. The van der Waals surface area contributed by atoms with Crippen molar-refractivity contribution in [3.05, 3.63) is 35.9 Å². The van der Waals surface area contributed by atoms with Gasteiger partial charge in [0.05, 0.1) is 5.41 Å². The fourth-order valence-corrected chi connectivity index (χ4v) is 3.92. The molecule has 3 heteroatoms. The fourth-order valence-electron chi connectivity index (χ4n) is 3.14. The molecule has 1 amide bonds. The number of amides is 1. The summed E-state index contributed by atoms with van der Waals surface area (Å²) in [6.07, 6.45) is 5.73. The zero-order chi connectivity index (χ0) is 13.3. The van der Waals surface area contributed by atoms with Crippen LogP contribution in [0.2, 0.25) is 0 Å². The number of carbonyl (C=O) groups excluding carboxylic acids is 1. The van der Waals surface area contributed by atoms with Gasteiger partial charge in [-0.3, -0.25) is 4.79 Å². The van der Waals surface area contributed by atoms with Crippen LogP contribution >= 0.6 is 15.9 Å². The Morgan fingerprint density at radius 1 is 1.26 bits per heavy atom. The van der Waals surface area contributed by atoms with Crippen LogP contribution in [-0.2, 0) is 10.2 Å². The van der Waals surface area contributed by atoms with Crippen molar-refractivity contribution in [2.24, 2.45) is 5.92 Å². The number of halogens is 1. The molecular formula is C16H20BrNO. The number of benzene rings is 1. The molecule has 1 aromatic rings. The van der Waals surface area contributed by atoms with E-state index >= 15 is 0 Å². The van der Waals surface area contributed by atoms with E-state index in [0.717, 1.165) is 19.4 Å². The molecule has 0 aromatic heterocycles. The third-order valence-electron chi connectivity index (χ3n) is 4.60. The molecular weight excluding hydrogens is 302 g/mol. The molecule has 1 aromatic carbocycles. The minimum absolute atomic E-state index is 0.221. The third-order valence-corrected chi connectivity index (χ3v) is 5.81. The Balaban J connectivity index is 1.61. The second kappa shape index (κ2) is 5.28. The van der Waals surface area contributed by atoms with Crippen LogP contribution in [0.4, 0.5) is 0 Å². The van der Waals surface area contributed by atoms with Gasteiger partial charge < -0.3 is 5.32 Å². The largest absolute Gasteiger partial charge is 0.355 e. The van der Waals surface area contributed by atoms with Crippen LogP contribution in [-0.4, -0.2) is 17.3 Å². The Hall–Kier alpha value is -0.830. The average molecular weight is 322 g/mol. The number of rotatable bonds is 4. The molecule has 0 saturated heterocycles. The zero-order valence-corrected chi connectivity index (χ0v) is 12.7. The van der Waals surface area contributed by atoms with E-state index in [4.69, 9.17) is 0 Å². The standard InChI is InChI=1S/C16H20BrNO/c17-14-8-4-5-12(14)11-18-15(19)16(9-10-16)13-6-2-1-3-7-13/h1-3,6-7,12,14H,4-5,8-11H2,(H,18,19). The molecule has 2 aliphatic carbocycles. The van der Waals surface area contributed by atoms with E-state index in [1.54, 1.807) is 0 Å². The van der Waals surface area contributed by atoms with E-state index in [1.807, 2.05) is 18.2 Å². The first-order valence-corrected chi connectivity index (χ1v) is 8.12. The lowest BCUT2D eigenvalue weighted by Crippen LogP contribution is -2.38. The lowest BCUT2D eigenvalue weighted by molar-refractivity contribution is -0.123. The number of hydrogen-bond acceptors (Lipinski definition) is 1. The molecule has 2 fully saturated rings. The Bertz CT molecular complexity index is 455. The highest BCUT2D eigenvalue weighted by Crippen LogP contribution is 2.48. The van der Waals surface area contributed by atoms with Crippen LogP contribution < -0.4 is 5.32 Å². The van der Waals surface area contributed by atoms with Gasteiger partial charge in [-0.2, -0.15) is 0 Å². The summed E-state index contributed by atoms with van der Waals surface area (Å²) in [5.74, 6) is 0.834. The summed E-state index contributed by atoms with van der Waals surface area (Å²) in [5.41, 5.74) is 0.955. The molecule has 0 radical (unpaired) electrons. The molecule has 19 heavy (non-hydrogen) atoms. The van der Waals surface area contributed by atoms with Crippen LogP contribution in [0.25, 0.3) is 0 Å². The minimum Gasteiger partial charge on any atom is -0.355 e. The maximum Gasteiger partial charge on any atom is 0.230 e. The van der Waals surface area contributed by atoms with E-state index in [-0.39, 0.29) is 11.3 Å². The Morgan fingerprint density at radius 2 is 2.00 bits per heavy atom. The molecule has 102 valence electrons. The van der Waals surface area contributed by atoms with Crippen molar-refractivity contribution >= 4 is 21.8 Å². The van der Waals surface area contributed by atoms with Crippen LogP contribution in [0.5, 0.6) is 0 Å². The number of carbonyl (C=O) groups is 1. The van der Waals surface area contributed by atoms with E-state index in [9.17, 15) is 4.79 Å². The normalized spacial score (nSPS) is 28.1. The maximum absolute atomic E-state index is 12.5. The molecule has 0 bridgehead atoms. The van der Waals surface area contributed by atoms with Gasteiger partial charge in [0.15, 0.2) is 0 Å². The lowest BCUT2D eigenvalue weighted by atomic mass is 9.95. The Morgan fingerprint density at radius 3 is 2.58 bits per heavy atom. The van der Waals surface area contributed by atoms with Crippen molar-refractivity contribution in [1.29, 1.82) is 0 Å². The number of hydrogen-bond donors (Lipinski definition) is 1. The summed E-state index contributed by atoms with van der Waals surface area (Å²) in [6, 6.07) is 10.2. The van der Waals surface area contributed by atoms with E-state index < -0.39 is 0 Å². The van der Waals surface area contributed by atoms with Crippen molar-refractivity contribution in [1.82, 2.24) is 5.32 Å². The van der Waals surface area contributed by atoms with Gasteiger partial charge in [-0.25, -0.2) is 0 Å². The van der Waals surface area contributed by atoms with Crippen molar-refractivity contribution in [3.63, 3.8) is 0 Å². The minimum atomic E-state index is -0.221. The first-order chi connectivity index (χ1) is 9.22. The van der Waals surface area contributed by atoms with Crippen molar-refractivity contribution < 1.29 is 4.79 Å². The van der Waals surface area contributed by atoms with Gasteiger partial charge in [0.25, 0.3) is 0 Å². The molecule has 3 rings (SSSR count). The molecule has 2 nitrogen and oxygen atoms in total. The van der Waals surface area contributed by atoms with Crippen molar-refractivity contribution in [3.8, 4) is 0 Å². The topological polar surface area (TPSA) is 29.1 Å². The van der Waals surface area contributed by atoms with Gasteiger partial charge in [0.1, 0.15) is 0 Å². The van der Waals surface area contributed by atoms with Gasteiger partial charge in [0.2, 0.25) is 5.91 Å². The van der Waals surface area contributed by atoms with Gasteiger partial charge in [0, 0.05) is 11.4 Å². The number of nitrogens with one attached hydrogen (secondary N) is 1. The molecule has 0 heterocycles. The van der Waals surface area contributed by atoms with Gasteiger partial charge in [-0.15, -0.1) is 0 Å². The van der Waals surface area contributed by atoms with Crippen molar-refractivity contribution in [2.45, 2.75) is 42.3 Å². The van der Waals surface area contributed by atoms with E-state index in [0.29, 0.717) is 10.7 Å². The fraction of sp³-hybridized carbons (Fsp3) is 0.562. The average Bonchev–Trinajstić information content (AvgIpc) is 3.16. The second-order valence-corrected chi connectivity index (χ2v) is 7.04. The summed E-state index contributed by atoms with van der Waals surface area (Å²) in [6.45, 7) is 0.823. The molecule has 1 N–H and O–H groups in total. The summed E-state index contributed by atoms with van der Waals surface area (Å²) < 4.78 is 0. The predicted molar refractivity (Wildman–Crippen MR) is 80.4 cm³/mol. The van der Waals surface area contributed by atoms with Gasteiger partial charge in [-0.1, -0.05) is 52.7 Å². The molecule has 2 unspecified atom stereocenters. The van der Waals surface area contributed by atoms with Gasteiger partial charge >= 0.3 is 0 Å². The quantitative estimate of drug-likeness (QED) is 0.846. The zero-order valence-electron chi connectivity index (χ0n) is 11.1. The first kappa shape index (κ1) is 13.2. The third kappa shape index (κ3) is 2.58. The van der Waals surface area contributed by atoms with Gasteiger partial charge in [-0.05, 0) is 37.2 Å². The highest BCUT2D eigenvalue weighted by atomic mass is 79.9. The monoisotopic (exact) mass is 321 g/mol. The Labute approximate surface area is 123 Å². The molecule has 2 aliphatic rings. The first-order valence-electron chi connectivity index (χ1n) is 7.20. The molecule has 0 spiro atoms. The lowest BCUT2D eigenvalue weighted by Gasteiger charge is -2.19. The van der Waals surface area contributed by atoms with E-state index in [1.165, 1.54) is 24.8 Å². The van der Waals surface area contributed by atoms with Crippen LogP contribution in [0.3, 0.4) is 0 Å². The second-order valence-electron chi connectivity index (χ2n) is 5.87. The SMILES string of the molecule is O=C(NCC1CCCC1Br)C1(c2ccccc2)CC1. The predicted octanol–water partition coefficient (Wildman–Crippen LogP) is 3.40. The maximum atomic E-state index is 12.5. The Kier molecular flexibility index (Phi) is 3.66. The highest BCUT2D eigenvalue weighted by Gasteiger charge is 2.51.